The lowest BCUT2D eigenvalue weighted by molar-refractivity contribution is -0.143. The number of benzene rings is 2. The van der Waals surface area contributed by atoms with Crippen LogP contribution < -0.4 is 14.8 Å². The van der Waals surface area contributed by atoms with Crippen molar-refractivity contribution in [1.82, 2.24) is 5.32 Å². The molecule has 2 aromatic carbocycles. The predicted molar refractivity (Wildman–Crippen MR) is 103 cm³/mol. The molecule has 0 aromatic heterocycles. The SMILES string of the molecule is COc1ccccc1OCCNC(=O)COC(=O)/C=C/c1ccc(C)cc1. The van der Waals surface area contributed by atoms with Gasteiger partial charge in [-0.05, 0) is 30.7 Å². The average Bonchev–Trinajstić information content (AvgIpc) is 2.69. The van der Waals surface area contributed by atoms with Crippen LogP contribution in [-0.4, -0.2) is 38.7 Å². The number of carbonyl (C=O) groups excluding carboxylic acids is 2. The zero-order valence-corrected chi connectivity index (χ0v) is 15.4. The number of carbonyl (C=O) groups is 2. The Morgan fingerprint density at radius 1 is 1.04 bits per heavy atom. The van der Waals surface area contributed by atoms with Crippen molar-refractivity contribution in [3.63, 3.8) is 0 Å². The van der Waals surface area contributed by atoms with E-state index in [1.807, 2.05) is 43.3 Å². The van der Waals surface area contributed by atoms with Gasteiger partial charge >= 0.3 is 5.97 Å². The minimum Gasteiger partial charge on any atom is -0.493 e. The molecule has 0 unspecified atom stereocenters. The van der Waals surface area contributed by atoms with Crippen molar-refractivity contribution >= 4 is 18.0 Å². The van der Waals surface area contributed by atoms with Crippen molar-refractivity contribution in [3.05, 3.63) is 65.7 Å². The quantitative estimate of drug-likeness (QED) is 0.418. The van der Waals surface area contributed by atoms with Crippen LogP contribution in [0.5, 0.6) is 11.5 Å². The van der Waals surface area contributed by atoms with Crippen LogP contribution in [0.15, 0.2) is 54.6 Å². The van der Waals surface area contributed by atoms with Gasteiger partial charge < -0.3 is 19.5 Å². The number of esters is 1. The van der Waals surface area contributed by atoms with Gasteiger partial charge in [0.25, 0.3) is 5.91 Å². The normalized spacial score (nSPS) is 10.4. The van der Waals surface area contributed by atoms with Crippen LogP contribution >= 0.6 is 0 Å². The number of aryl methyl sites for hydroxylation is 1. The van der Waals surface area contributed by atoms with Crippen LogP contribution in [0.2, 0.25) is 0 Å². The van der Waals surface area contributed by atoms with Gasteiger partial charge in [-0.3, -0.25) is 4.79 Å². The van der Waals surface area contributed by atoms with Crippen molar-refractivity contribution in [3.8, 4) is 11.5 Å². The van der Waals surface area contributed by atoms with Crippen molar-refractivity contribution < 1.29 is 23.8 Å². The highest BCUT2D eigenvalue weighted by Gasteiger charge is 2.06. The van der Waals surface area contributed by atoms with E-state index in [2.05, 4.69) is 5.32 Å². The maximum absolute atomic E-state index is 11.7. The van der Waals surface area contributed by atoms with Crippen LogP contribution in [0.4, 0.5) is 0 Å². The molecule has 6 heteroatoms. The van der Waals surface area contributed by atoms with Gasteiger partial charge in [-0.25, -0.2) is 4.79 Å². The summed E-state index contributed by atoms with van der Waals surface area (Å²) in [5.41, 5.74) is 2.02. The lowest BCUT2D eigenvalue weighted by atomic mass is 10.1. The Labute approximate surface area is 158 Å². The molecular formula is C21H23NO5. The number of hydrogen-bond donors (Lipinski definition) is 1. The van der Waals surface area contributed by atoms with Gasteiger partial charge in [0.2, 0.25) is 0 Å². The molecule has 0 fully saturated rings. The van der Waals surface area contributed by atoms with Crippen LogP contribution in [-0.2, 0) is 14.3 Å². The van der Waals surface area contributed by atoms with E-state index in [9.17, 15) is 9.59 Å². The Kier molecular flexibility index (Phi) is 7.91. The third-order valence-corrected chi connectivity index (χ3v) is 3.59. The molecule has 0 bridgehead atoms. The van der Waals surface area contributed by atoms with Crippen molar-refractivity contribution in [1.29, 1.82) is 0 Å². The van der Waals surface area contributed by atoms with Crippen LogP contribution in [0.1, 0.15) is 11.1 Å². The number of methoxy groups -OCH3 is 1. The fraction of sp³-hybridized carbons (Fsp3) is 0.238. The highest BCUT2D eigenvalue weighted by atomic mass is 16.5. The molecule has 0 radical (unpaired) electrons. The molecule has 0 saturated heterocycles. The lowest BCUT2D eigenvalue weighted by Gasteiger charge is -2.10. The van der Waals surface area contributed by atoms with Gasteiger partial charge in [0.15, 0.2) is 18.1 Å². The van der Waals surface area contributed by atoms with Gasteiger partial charge in [-0.2, -0.15) is 0 Å². The summed E-state index contributed by atoms with van der Waals surface area (Å²) in [6, 6.07) is 14.9. The Hall–Kier alpha value is -3.28. The Bertz CT molecular complexity index is 783. The van der Waals surface area contributed by atoms with E-state index < -0.39 is 11.9 Å². The molecule has 27 heavy (non-hydrogen) atoms. The fourth-order valence-electron chi connectivity index (χ4n) is 2.17. The van der Waals surface area contributed by atoms with Gasteiger partial charge in [0.05, 0.1) is 13.7 Å². The zero-order chi connectivity index (χ0) is 19.5. The molecule has 0 heterocycles. The summed E-state index contributed by atoms with van der Waals surface area (Å²) in [7, 11) is 1.56. The topological polar surface area (TPSA) is 73.9 Å². The van der Waals surface area contributed by atoms with Crippen LogP contribution in [0, 0.1) is 6.92 Å². The second-order valence-electron chi connectivity index (χ2n) is 5.70. The first-order valence-corrected chi connectivity index (χ1v) is 8.52. The van der Waals surface area contributed by atoms with E-state index in [4.69, 9.17) is 14.2 Å². The molecule has 2 aromatic rings. The van der Waals surface area contributed by atoms with E-state index in [0.29, 0.717) is 11.5 Å². The van der Waals surface area contributed by atoms with Crippen LogP contribution in [0.25, 0.3) is 6.08 Å². The molecule has 2 rings (SSSR count). The summed E-state index contributed by atoms with van der Waals surface area (Å²) < 4.78 is 15.6. The largest absolute Gasteiger partial charge is 0.493 e. The molecule has 0 atom stereocenters. The maximum atomic E-state index is 11.7. The van der Waals surface area contributed by atoms with Gasteiger partial charge in [0, 0.05) is 6.08 Å². The molecule has 0 aliphatic heterocycles. The molecule has 1 amide bonds. The number of rotatable bonds is 9. The highest BCUT2D eigenvalue weighted by molar-refractivity contribution is 5.89. The molecular weight excluding hydrogens is 346 g/mol. The summed E-state index contributed by atoms with van der Waals surface area (Å²) in [4.78, 5) is 23.3. The van der Waals surface area contributed by atoms with Gasteiger partial charge in [-0.1, -0.05) is 42.0 Å². The zero-order valence-electron chi connectivity index (χ0n) is 15.4. The Morgan fingerprint density at radius 3 is 2.44 bits per heavy atom. The minimum absolute atomic E-state index is 0.271. The molecule has 142 valence electrons. The maximum Gasteiger partial charge on any atom is 0.331 e. The standard InChI is InChI=1S/C21H23NO5/c1-16-7-9-17(10-8-16)11-12-21(24)27-15-20(23)22-13-14-26-19-6-4-3-5-18(19)25-2/h3-12H,13-15H2,1-2H3,(H,22,23)/b12-11+. The first kappa shape index (κ1) is 20.0. The van der Waals surface area contributed by atoms with E-state index in [-0.39, 0.29) is 19.8 Å². The Morgan fingerprint density at radius 2 is 1.74 bits per heavy atom. The van der Waals surface area contributed by atoms with Crippen molar-refractivity contribution in [2.24, 2.45) is 0 Å². The fourth-order valence-corrected chi connectivity index (χ4v) is 2.17. The summed E-state index contributed by atoms with van der Waals surface area (Å²) in [6.07, 6.45) is 2.93. The average molecular weight is 369 g/mol. The van der Waals surface area contributed by atoms with E-state index in [0.717, 1.165) is 11.1 Å². The highest BCUT2D eigenvalue weighted by Crippen LogP contribution is 2.25. The lowest BCUT2D eigenvalue weighted by Crippen LogP contribution is -2.31. The van der Waals surface area contributed by atoms with Crippen molar-refractivity contribution in [2.45, 2.75) is 6.92 Å². The van der Waals surface area contributed by atoms with Gasteiger partial charge in [0.1, 0.15) is 6.61 Å². The first-order valence-electron chi connectivity index (χ1n) is 8.52. The third kappa shape index (κ3) is 7.23. The molecule has 0 saturated carbocycles. The number of amides is 1. The second-order valence-corrected chi connectivity index (χ2v) is 5.70. The van der Waals surface area contributed by atoms with Crippen molar-refractivity contribution in [2.75, 3.05) is 26.9 Å². The number of hydrogen-bond acceptors (Lipinski definition) is 5. The van der Waals surface area contributed by atoms with E-state index in [1.54, 1.807) is 25.3 Å². The molecule has 0 aliphatic carbocycles. The third-order valence-electron chi connectivity index (χ3n) is 3.59. The number of ether oxygens (including phenoxy) is 3. The predicted octanol–water partition coefficient (Wildman–Crippen LogP) is 2.76. The van der Waals surface area contributed by atoms with Crippen LogP contribution in [0.3, 0.4) is 0 Å². The second kappa shape index (κ2) is 10.7. The summed E-state index contributed by atoms with van der Waals surface area (Å²) in [6.45, 7) is 2.20. The summed E-state index contributed by atoms with van der Waals surface area (Å²) >= 11 is 0. The van der Waals surface area contributed by atoms with E-state index in [1.165, 1.54) is 6.08 Å². The molecule has 6 nitrogen and oxygen atoms in total. The minimum atomic E-state index is -0.573. The molecule has 0 spiro atoms. The smallest absolute Gasteiger partial charge is 0.331 e. The molecule has 0 aliphatic rings. The first-order chi connectivity index (χ1) is 13.1. The molecule has 1 N–H and O–H groups in total. The number of para-hydroxylation sites is 2. The summed E-state index contributed by atoms with van der Waals surface area (Å²) in [5, 5.41) is 2.62. The number of nitrogens with one attached hydrogen (secondary N) is 1. The summed E-state index contributed by atoms with van der Waals surface area (Å²) in [5.74, 6) is 0.256. The van der Waals surface area contributed by atoms with Gasteiger partial charge in [-0.15, -0.1) is 0 Å². The Balaban J connectivity index is 1.64. The monoisotopic (exact) mass is 369 g/mol. The van der Waals surface area contributed by atoms with E-state index >= 15 is 0 Å².